The van der Waals surface area contributed by atoms with Gasteiger partial charge in [-0.05, 0) is 42.7 Å². The van der Waals surface area contributed by atoms with Crippen molar-refractivity contribution in [3.63, 3.8) is 0 Å². The van der Waals surface area contributed by atoms with Gasteiger partial charge in [-0.15, -0.1) is 0 Å². The van der Waals surface area contributed by atoms with Crippen LogP contribution in [0.15, 0.2) is 36.4 Å². The highest BCUT2D eigenvalue weighted by Crippen LogP contribution is 2.38. The Morgan fingerprint density at radius 2 is 2.00 bits per heavy atom. The number of rotatable bonds is 1. The molecule has 0 saturated heterocycles. The zero-order valence-electron chi connectivity index (χ0n) is 12.2. The molecule has 0 bridgehead atoms. The summed E-state index contributed by atoms with van der Waals surface area (Å²) in [5, 5.41) is 6.11. The van der Waals surface area contributed by atoms with E-state index in [1.54, 1.807) is 0 Å². The Bertz CT molecular complexity index is 867. The van der Waals surface area contributed by atoms with Crippen LogP contribution in [-0.4, -0.2) is 11.5 Å². The fraction of sp³-hybridized carbons (Fsp3) is 0.222. The highest BCUT2D eigenvalue weighted by Gasteiger charge is 2.27. The molecule has 2 heterocycles. The Kier molecular flexibility index (Phi) is 3.41. The van der Waals surface area contributed by atoms with Crippen molar-refractivity contribution in [3.05, 3.63) is 68.8 Å². The van der Waals surface area contributed by atoms with Crippen molar-refractivity contribution in [2.45, 2.75) is 19.4 Å². The van der Waals surface area contributed by atoms with Crippen molar-refractivity contribution < 1.29 is 0 Å². The van der Waals surface area contributed by atoms with E-state index in [0.717, 1.165) is 18.5 Å². The van der Waals surface area contributed by atoms with E-state index < -0.39 is 0 Å². The Morgan fingerprint density at radius 1 is 1.14 bits per heavy atom. The molecule has 0 aliphatic carbocycles. The minimum atomic E-state index is 0.0580. The highest BCUT2D eigenvalue weighted by molar-refractivity contribution is 6.42. The van der Waals surface area contributed by atoms with Crippen molar-refractivity contribution >= 4 is 34.1 Å². The first-order chi connectivity index (χ1) is 10.6. The number of hydrogen-bond donors (Lipinski definition) is 2. The molecule has 22 heavy (non-hydrogen) atoms. The molecular weight excluding hydrogens is 315 g/mol. The molecule has 3 aromatic rings. The van der Waals surface area contributed by atoms with Crippen LogP contribution in [-0.2, 0) is 6.42 Å². The van der Waals surface area contributed by atoms with Gasteiger partial charge in [0.05, 0.1) is 16.1 Å². The Morgan fingerprint density at radius 3 is 2.86 bits per heavy atom. The molecule has 1 atom stereocenters. The average molecular weight is 331 g/mol. The maximum absolute atomic E-state index is 6.43. The van der Waals surface area contributed by atoms with Crippen LogP contribution >= 0.6 is 23.2 Å². The third kappa shape index (κ3) is 2.14. The lowest BCUT2D eigenvalue weighted by atomic mass is 9.94. The molecule has 0 spiro atoms. The molecule has 4 rings (SSSR count). The smallest absolute Gasteiger partial charge is 0.0747 e. The fourth-order valence-corrected chi connectivity index (χ4v) is 3.77. The van der Waals surface area contributed by atoms with Gasteiger partial charge in [-0.1, -0.05) is 47.0 Å². The number of nitrogens with one attached hydrogen (secondary N) is 2. The van der Waals surface area contributed by atoms with Crippen LogP contribution in [0, 0.1) is 6.92 Å². The first-order valence-electron chi connectivity index (χ1n) is 7.43. The van der Waals surface area contributed by atoms with Crippen LogP contribution in [0.2, 0.25) is 10.0 Å². The van der Waals surface area contributed by atoms with Gasteiger partial charge < -0.3 is 10.3 Å². The van der Waals surface area contributed by atoms with Gasteiger partial charge in [-0.3, -0.25) is 0 Å². The second-order valence-corrected chi connectivity index (χ2v) is 6.63. The molecule has 1 unspecified atom stereocenters. The molecular formula is C18H16Cl2N2. The van der Waals surface area contributed by atoms with Gasteiger partial charge in [0.25, 0.3) is 0 Å². The molecule has 112 valence electrons. The summed E-state index contributed by atoms with van der Waals surface area (Å²) in [5.74, 6) is 0. The van der Waals surface area contributed by atoms with Crippen LogP contribution in [0.1, 0.15) is 28.4 Å². The van der Waals surface area contributed by atoms with E-state index >= 15 is 0 Å². The third-order valence-electron chi connectivity index (χ3n) is 4.40. The topological polar surface area (TPSA) is 27.8 Å². The number of hydrogen-bond acceptors (Lipinski definition) is 1. The quantitative estimate of drug-likeness (QED) is 0.644. The third-order valence-corrected chi connectivity index (χ3v) is 5.23. The minimum Gasteiger partial charge on any atom is -0.357 e. The Hall–Kier alpha value is -1.48. The van der Waals surface area contributed by atoms with Crippen molar-refractivity contribution in [2.24, 2.45) is 0 Å². The predicted molar refractivity (Wildman–Crippen MR) is 93.0 cm³/mol. The van der Waals surface area contributed by atoms with E-state index in [1.807, 2.05) is 18.2 Å². The van der Waals surface area contributed by atoms with E-state index in [9.17, 15) is 0 Å². The largest absolute Gasteiger partial charge is 0.357 e. The van der Waals surface area contributed by atoms with E-state index in [4.69, 9.17) is 23.2 Å². The minimum absolute atomic E-state index is 0.0580. The molecule has 0 amide bonds. The van der Waals surface area contributed by atoms with Gasteiger partial charge in [-0.2, -0.15) is 0 Å². The summed E-state index contributed by atoms with van der Waals surface area (Å²) >= 11 is 12.6. The number of benzene rings is 2. The van der Waals surface area contributed by atoms with Crippen LogP contribution in [0.4, 0.5) is 0 Å². The molecule has 1 aromatic heterocycles. The summed E-state index contributed by atoms with van der Waals surface area (Å²) in [7, 11) is 0. The molecule has 0 fully saturated rings. The number of aryl methyl sites for hydroxylation is 1. The number of H-pyrrole nitrogens is 1. The van der Waals surface area contributed by atoms with Crippen molar-refractivity contribution in [3.8, 4) is 0 Å². The maximum atomic E-state index is 6.43. The van der Waals surface area contributed by atoms with Crippen LogP contribution < -0.4 is 5.32 Å². The zero-order chi connectivity index (χ0) is 15.3. The number of halogens is 2. The highest BCUT2D eigenvalue weighted by atomic mass is 35.5. The summed E-state index contributed by atoms with van der Waals surface area (Å²) in [5.41, 5.74) is 6.08. The van der Waals surface area contributed by atoms with Gasteiger partial charge in [0.2, 0.25) is 0 Å². The van der Waals surface area contributed by atoms with Gasteiger partial charge in [-0.25, -0.2) is 0 Å². The van der Waals surface area contributed by atoms with E-state index in [-0.39, 0.29) is 6.04 Å². The number of fused-ring (bicyclic) bond motifs is 3. The molecule has 2 nitrogen and oxygen atoms in total. The molecule has 0 saturated carbocycles. The molecule has 1 aliphatic rings. The van der Waals surface area contributed by atoms with Gasteiger partial charge in [0.15, 0.2) is 0 Å². The molecule has 4 heteroatoms. The summed E-state index contributed by atoms with van der Waals surface area (Å²) in [6, 6.07) is 12.4. The van der Waals surface area contributed by atoms with E-state index in [0.29, 0.717) is 10.0 Å². The Labute approximate surface area is 139 Å². The SMILES string of the molecule is Cc1ccc2[nH]c3c(c2c1)CCNC3c1cccc(Cl)c1Cl. The summed E-state index contributed by atoms with van der Waals surface area (Å²) in [6.45, 7) is 3.06. The zero-order valence-corrected chi connectivity index (χ0v) is 13.7. The summed E-state index contributed by atoms with van der Waals surface area (Å²) in [6.07, 6.45) is 1.02. The molecule has 1 aliphatic heterocycles. The summed E-state index contributed by atoms with van der Waals surface area (Å²) < 4.78 is 0. The average Bonchev–Trinajstić information content (AvgIpc) is 2.88. The Balaban J connectivity index is 1.92. The molecule has 0 radical (unpaired) electrons. The lowest BCUT2D eigenvalue weighted by Crippen LogP contribution is -2.30. The first-order valence-corrected chi connectivity index (χ1v) is 8.19. The second-order valence-electron chi connectivity index (χ2n) is 5.85. The van der Waals surface area contributed by atoms with E-state index in [2.05, 4.69) is 35.4 Å². The second kappa shape index (κ2) is 5.31. The van der Waals surface area contributed by atoms with Crippen LogP contribution in [0.25, 0.3) is 10.9 Å². The van der Waals surface area contributed by atoms with Crippen molar-refractivity contribution in [1.29, 1.82) is 0 Å². The van der Waals surface area contributed by atoms with Crippen LogP contribution in [0.5, 0.6) is 0 Å². The van der Waals surface area contributed by atoms with Crippen molar-refractivity contribution in [1.82, 2.24) is 10.3 Å². The lowest BCUT2D eigenvalue weighted by molar-refractivity contribution is 0.560. The standard InChI is InChI=1S/C18H16Cl2N2/c1-10-5-6-15-13(9-10)11-7-8-21-17(18(11)22-15)12-3-2-4-14(19)16(12)20/h2-6,9,17,21-22H,7-8H2,1H3. The fourth-order valence-electron chi connectivity index (χ4n) is 3.35. The predicted octanol–water partition coefficient (Wildman–Crippen LogP) is 5.02. The van der Waals surface area contributed by atoms with Gasteiger partial charge >= 0.3 is 0 Å². The first kappa shape index (κ1) is 14.1. The van der Waals surface area contributed by atoms with Gasteiger partial charge in [0, 0.05) is 23.1 Å². The molecule has 2 aromatic carbocycles. The molecule has 2 N–H and O–H groups in total. The maximum Gasteiger partial charge on any atom is 0.0747 e. The van der Waals surface area contributed by atoms with Crippen molar-refractivity contribution in [2.75, 3.05) is 6.54 Å². The monoisotopic (exact) mass is 330 g/mol. The normalized spacial score (nSPS) is 17.7. The summed E-state index contributed by atoms with van der Waals surface area (Å²) in [4.78, 5) is 3.57. The van der Waals surface area contributed by atoms with Gasteiger partial charge in [0.1, 0.15) is 0 Å². The number of aromatic nitrogens is 1. The number of aromatic amines is 1. The van der Waals surface area contributed by atoms with E-state index in [1.165, 1.54) is 27.7 Å². The van der Waals surface area contributed by atoms with Crippen LogP contribution in [0.3, 0.4) is 0 Å². The lowest BCUT2D eigenvalue weighted by Gasteiger charge is -2.25.